The highest BCUT2D eigenvalue weighted by atomic mass is 16.5. The minimum Gasteiger partial charge on any atom is -0.479 e. The monoisotopic (exact) mass is 333 g/mol. The zero-order valence-corrected chi connectivity index (χ0v) is 14.1. The van der Waals surface area contributed by atoms with Gasteiger partial charge in [0.05, 0.1) is 13.7 Å². The molecule has 0 aliphatic rings. The summed E-state index contributed by atoms with van der Waals surface area (Å²) in [5, 5.41) is 6.57. The number of rotatable bonds is 10. The molecule has 0 aliphatic carbocycles. The normalized spacial score (nSPS) is 10.4. The third kappa shape index (κ3) is 5.57. The fourth-order valence-corrected chi connectivity index (χ4v) is 2.03. The summed E-state index contributed by atoms with van der Waals surface area (Å²) < 4.78 is 15.6. The van der Waals surface area contributed by atoms with Crippen molar-refractivity contribution in [3.63, 3.8) is 0 Å². The predicted molar refractivity (Wildman–Crippen MR) is 87.9 cm³/mol. The first-order valence-electron chi connectivity index (χ1n) is 8.06. The Balaban J connectivity index is 1.78. The number of pyridine rings is 1. The molecule has 0 fully saturated rings. The summed E-state index contributed by atoms with van der Waals surface area (Å²) in [6.07, 6.45) is 4.50. The van der Waals surface area contributed by atoms with Crippen LogP contribution in [0.1, 0.15) is 37.5 Å². The average Bonchev–Trinajstić information content (AvgIpc) is 3.07. The molecule has 1 amide bonds. The lowest BCUT2D eigenvalue weighted by Crippen LogP contribution is -2.23. The van der Waals surface area contributed by atoms with Gasteiger partial charge in [-0.05, 0) is 17.6 Å². The van der Waals surface area contributed by atoms with Crippen LogP contribution < -0.4 is 14.8 Å². The van der Waals surface area contributed by atoms with Gasteiger partial charge in [-0.3, -0.25) is 4.79 Å². The maximum atomic E-state index is 12.0. The number of methoxy groups -OCH3 is 1. The molecule has 0 aromatic carbocycles. The van der Waals surface area contributed by atoms with Crippen LogP contribution in [-0.4, -0.2) is 29.8 Å². The minimum absolute atomic E-state index is 0.0753. The number of unbranched alkanes of at least 4 members (excludes halogenated alkanes) is 1. The molecule has 0 unspecified atom stereocenters. The van der Waals surface area contributed by atoms with E-state index in [2.05, 4.69) is 22.4 Å². The van der Waals surface area contributed by atoms with Crippen molar-refractivity contribution in [2.75, 3.05) is 13.7 Å². The highest BCUT2D eigenvalue weighted by Gasteiger charge is 2.09. The fourth-order valence-electron chi connectivity index (χ4n) is 2.03. The molecule has 24 heavy (non-hydrogen) atoms. The second-order valence-electron chi connectivity index (χ2n) is 5.28. The first kappa shape index (κ1) is 17.8. The summed E-state index contributed by atoms with van der Waals surface area (Å²) in [7, 11) is 1.52. The number of carbonyl (C=O) groups is 1. The third-order valence-electron chi connectivity index (χ3n) is 3.41. The van der Waals surface area contributed by atoms with E-state index in [0.29, 0.717) is 43.5 Å². The van der Waals surface area contributed by atoms with Crippen molar-refractivity contribution in [3.05, 3.63) is 35.7 Å². The van der Waals surface area contributed by atoms with Gasteiger partial charge in [-0.2, -0.15) is 0 Å². The molecule has 7 heteroatoms. The van der Waals surface area contributed by atoms with E-state index in [1.807, 2.05) is 12.1 Å². The highest BCUT2D eigenvalue weighted by Crippen LogP contribution is 2.15. The summed E-state index contributed by atoms with van der Waals surface area (Å²) in [5.74, 6) is 1.53. The molecule has 2 rings (SSSR count). The van der Waals surface area contributed by atoms with Gasteiger partial charge in [-0.25, -0.2) is 4.98 Å². The van der Waals surface area contributed by atoms with E-state index in [1.165, 1.54) is 7.11 Å². The fraction of sp³-hybridized carbons (Fsp3) is 0.471. The molecule has 0 spiro atoms. The summed E-state index contributed by atoms with van der Waals surface area (Å²) in [6.45, 7) is 3.11. The molecule has 2 aromatic heterocycles. The van der Waals surface area contributed by atoms with Crippen LogP contribution in [0.25, 0.3) is 0 Å². The van der Waals surface area contributed by atoms with Crippen LogP contribution in [-0.2, 0) is 17.8 Å². The van der Waals surface area contributed by atoms with Crippen LogP contribution in [0.15, 0.2) is 28.9 Å². The molecule has 130 valence electrons. The van der Waals surface area contributed by atoms with Gasteiger partial charge in [0.2, 0.25) is 11.8 Å². The number of nitrogens with one attached hydrogen (secondary N) is 1. The standard InChI is InChI=1S/C17H23N3O4/c1-3-4-10-23-17-13(6-5-9-18-17)12-19-15(21)8-7-14-11-16(22-2)20-24-14/h5-6,9,11H,3-4,7-8,10,12H2,1-2H3,(H,19,21). The van der Waals surface area contributed by atoms with Gasteiger partial charge in [0.25, 0.3) is 5.88 Å². The molecule has 0 saturated heterocycles. The molecule has 0 radical (unpaired) electrons. The quantitative estimate of drug-likeness (QED) is 0.672. The predicted octanol–water partition coefficient (Wildman–Crippen LogP) is 2.51. The molecule has 0 saturated carbocycles. The van der Waals surface area contributed by atoms with Gasteiger partial charge >= 0.3 is 0 Å². The van der Waals surface area contributed by atoms with Gasteiger partial charge in [0, 0.05) is 37.2 Å². The van der Waals surface area contributed by atoms with Crippen LogP contribution in [0.3, 0.4) is 0 Å². The van der Waals surface area contributed by atoms with Crippen molar-refractivity contribution in [2.24, 2.45) is 0 Å². The minimum atomic E-state index is -0.0753. The summed E-state index contributed by atoms with van der Waals surface area (Å²) in [4.78, 5) is 16.2. The molecule has 2 heterocycles. The molecular formula is C17H23N3O4. The number of carbonyl (C=O) groups excluding carboxylic acids is 1. The lowest BCUT2D eigenvalue weighted by atomic mass is 10.2. The second-order valence-corrected chi connectivity index (χ2v) is 5.28. The lowest BCUT2D eigenvalue weighted by molar-refractivity contribution is -0.121. The topological polar surface area (TPSA) is 86.5 Å². The Bertz CT molecular complexity index is 642. The average molecular weight is 333 g/mol. The molecular weight excluding hydrogens is 310 g/mol. The molecule has 1 N–H and O–H groups in total. The smallest absolute Gasteiger partial charge is 0.254 e. The second kappa shape index (κ2) is 9.54. The van der Waals surface area contributed by atoms with E-state index in [9.17, 15) is 4.79 Å². The van der Waals surface area contributed by atoms with Gasteiger partial charge in [-0.1, -0.05) is 19.4 Å². The Morgan fingerprint density at radius 1 is 1.42 bits per heavy atom. The highest BCUT2D eigenvalue weighted by molar-refractivity contribution is 5.76. The number of amides is 1. The summed E-state index contributed by atoms with van der Waals surface area (Å²) in [5.41, 5.74) is 0.864. The maximum Gasteiger partial charge on any atom is 0.254 e. The first-order valence-corrected chi connectivity index (χ1v) is 8.06. The van der Waals surface area contributed by atoms with Gasteiger partial charge in [0.15, 0.2) is 0 Å². The SMILES string of the molecule is CCCCOc1ncccc1CNC(=O)CCc1cc(OC)no1. The van der Waals surface area contributed by atoms with E-state index >= 15 is 0 Å². The molecule has 0 aliphatic heterocycles. The van der Waals surface area contributed by atoms with Gasteiger partial charge in [0.1, 0.15) is 5.76 Å². The van der Waals surface area contributed by atoms with Crippen molar-refractivity contribution < 1.29 is 18.8 Å². The zero-order valence-electron chi connectivity index (χ0n) is 14.1. The van der Waals surface area contributed by atoms with Crippen LogP contribution in [0.4, 0.5) is 0 Å². The Labute approximate surface area is 141 Å². The van der Waals surface area contributed by atoms with Crippen molar-refractivity contribution in [1.82, 2.24) is 15.5 Å². The van der Waals surface area contributed by atoms with Gasteiger partial charge in [-0.15, -0.1) is 0 Å². The van der Waals surface area contributed by atoms with E-state index in [0.717, 1.165) is 18.4 Å². The molecule has 2 aromatic rings. The lowest BCUT2D eigenvalue weighted by Gasteiger charge is -2.10. The Kier molecular flexibility index (Phi) is 7.07. The van der Waals surface area contributed by atoms with Crippen molar-refractivity contribution in [1.29, 1.82) is 0 Å². The van der Waals surface area contributed by atoms with Crippen LogP contribution >= 0.6 is 0 Å². The van der Waals surface area contributed by atoms with Crippen molar-refractivity contribution >= 4 is 5.91 Å². The zero-order chi connectivity index (χ0) is 17.2. The molecule has 7 nitrogen and oxygen atoms in total. The summed E-state index contributed by atoms with van der Waals surface area (Å²) >= 11 is 0. The van der Waals surface area contributed by atoms with Crippen LogP contribution in [0.5, 0.6) is 11.8 Å². The number of hydrogen-bond donors (Lipinski definition) is 1. The number of nitrogens with zero attached hydrogens (tertiary/aromatic N) is 2. The molecule has 0 bridgehead atoms. The number of aryl methyl sites for hydroxylation is 1. The van der Waals surface area contributed by atoms with E-state index in [1.54, 1.807) is 12.3 Å². The van der Waals surface area contributed by atoms with E-state index in [4.69, 9.17) is 14.0 Å². The van der Waals surface area contributed by atoms with Crippen molar-refractivity contribution in [2.45, 2.75) is 39.2 Å². The third-order valence-corrected chi connectivity index (χ3v) is 3.41. The van der Waals surface area contributed by atoms with Crippen LogP contribution in [0.2, 0.25) is 0 Å². The number of ether oxygens (including phenoxy) is 2. The first-order chi connectivity index (χ1) is 11.7. The number of aromatic nitrogens is 2. The number of hydrogen-bond acceptors (Lipinski definition) is 6. The van der Waals surface area contributed by atoms with E-state index in [-0.39, 0.29) is 5.91 Å². The summed E-state index contributed by atoms with van der Waals surface area (Å²) in [6, 6.07) is 5.40. The van der Waals surface area contributed by atoms with E-state index < -0.39 is 0 Å². The van der Waals surface area contributed by atoms with Gasteiger partial charge < -0.3 is 19.3 Å². The Morgan fingerprint density at radius 3 is 3.04 bits per heavy atom. The van der Waals surface area contributed by atoms with Crippen LogP contribution in [0, 0.1) is 0 Å². The largest absolute Gasteiger partial charge is 0.479 e. The maximum absolute atomic E-state index is 12.0. The van der Waals surface area contributed by atoms with Crippen molar-refractivity contribution in [3.8, 4) is 11.8 Å². The Hall–Kier alpha value is -2.57. The Morgan fingerprint density at radius 2 is 2.29 bits per heavy atom. The molecule has 0 atom stereocenters.